The van der Waals surface area contributed by atoms with E-state index in [9.17, 15) is 14.9 Å². The fourth-order valence-corrected chi connectivity index (χ4v) is 3.95. The van der Waals surface area contributed by atoms with Crippen molar-refractivity contribution in [2.24, 2.45) is 0 Å². The zero-order valence-corrected chi connectivity index (χ0v) is 18.8. The van der Waals surface area contributed by atoms with Crippen LogP contribution in [0.1, 0.15) is 44.1 Å². The van der Waals surface area contributed by atoms with Gasteiger partial charge < -0.3 is 10.6 Å². The number of amides is 2. The van der Waals surface area contributed by atoms with E-state index < -0.39 is 11.0 Å². The largest absolute Gasteiger partial charge is 0.338 e. The first kappa shape index (κ1) is 23.3. The van der Waals surface area contributed by atoms with Crippen LogP contribution in [0.5, 0.6) is 0 Å². The minimum atomic E-state index is -0.438. The number of carbonyl (C=O) groups is 1. The predicted molar refractivity (Wildman–Crippen MR) is 124 cm³/mol. The van der Waals surface area contributed by atoms with Crippen LogP contribution in [-0.2, 0) is 5.75 Å². The number of hydrogen-bond donors (Lipinski definition) is 2. The van der Waals surface area contributed by atoms with Gasteiger partial charge in [-0.25, -0.2) is 4.79 Å². The lowest BCUT2D eigenvalue weighted by molar-refractivity contribution is -0.384. The van der Waals surface area contributed by atoms with Gasteiger partial charge in [0.05, 0.1) is 11.0 Å². The van der Waals surface area contributed by atoms with Crippen LogP contribution in [0.4, 0.5) is 10.5 Å². The zero-order valence-electron chi connectivity index (χ0n) is 18.0. The van der Waals surface area contributed by atoms with Crippen LogP contribution in [0.15, 0.2) is 59.8 Å². The Labute approximate surface area is 190 Å². The van der Waals surface area contributed by atoms with E-state index in [-0.39, 0.29) is 11.7 Å². The summed E-state index contributed by atoms with van der Waals surface area (Å²) in [5, 5.41) is 26.1. The van der Waals surface area contributed by atoms with Gasteiger partial charge in [-0.2, -0.15) is 0 Å². The molecular weight excluding hydrogens is 428 g/mol. The van der Waals surface area contributed by atoms with Gasteiger partial charge in [0, 0.05) is 30.1 Å². The maximum Gasteiger partial charge on any atom is 0.315 e. The van der Waals surface area contributed by atoms with Crippen molar-refractivity contribution >= 4 is 23.5 Å². The molecule has 3 aromatic rings. The fourth-order valence-electron chi connectivity index (χ4n) is 3.03. The Morgan fingerprint density at radius 2 is 1.88 bits per heavy atom. The van der Waals surface area contributed by atoms with E-state index >= 15 is 0 Å². The Morgan fingerprint density at radius 3 is 2.53 bits per heavy atom. The molecule has 0 spiro atoms. The van der Waals surface area contributed by atoms with Crippen LogP contribution in [0.3, 0.4) is 0 Å². The summed E-state index contributed by atoms with van der Waals surface area (Å²) in [4.78, 5) is 22.8. The quantitative estimate of drug-likeness (QED) is 0.200. The van der Waals surface area contributed by atoms with Gasteiger partial charge in [-0.05, 0) is 31.0 Å². The third kappa shape index (κ3) is 6.07. The van der Waals surface area contributed by atoms with Crippen LogP contribution >= 0.6 is 11.8 Å². The number of urea groups is 1. The molecule has 0 bridgehead atoms. The summed E-state index contributed by atoms with van der Waals surface area (Å²) in [6.45, 7) is 4.49. The van der Waals surface area contributed by atoms with E-state index in [0.717, 1.165) is 18.4 Å². The fraction of sp³-hybridized carbons (Fsp3) is 0.318. The van der Waals surface area contributed by atoms with E-state index in [2.05, 4.69) is 27.8 Å². The highest BCUT2D eigenvalue weighted by Crippen LogP contribution is 2.28. The number of nitro benzene ring substituents is 1. The lowest BCUT2D eigenvalue weighted by Crippen LogP contribution is -2.38. The molecule has 0 aliphatic heterocycles. The second kappa shape index (κ2) is 11.3. The summed E-state index contributed by atoms with van der Waals surface area (Å²) in [5.41, 5.74) is 1.83. The summed E-state index contributed by atoms with van der Waals surface area (Å²) in [6, 6.07) is 15.5. The molecule has 2 amide bonds. The first-order chi connectivity index (χ1) is 15.5. The van der Waals surface area contributed by atoms with Crippen molar-refractivity contribution in [1.82, 2.24) is 25.4 Å². The van der Waals surface area contributed by atoms with Crippen LogP contribution in [0.25, 0.3) is 5.69 Å². The van der Waals surface area contributed by atoms with E-state index in [1.807, 2.05) is 41.8 Å². The normalized spacial score (nSPS) is 11.7. The summed E-state index contributed by atoms with van der Waals surface area (Å²) in [5.74, 6) is 1.23. The van der Waals surface area contributed by atoms with E-state index in [1.54, 1.807) is 12.1 Å². The smallest absolute Gasteiger partial charge is 0.315 e. The molecule has 0 saturated carbocycles. The van der Waals surface area contributed by atoms with Gasteiger partial charge in [-0.15, -0.1) is 10.2 Å². The highest BCUT2D eigenvalue weighted by molar-refractivity contribution is 7.98. The average Bonchev–Trinajstić information content (AvgIpc) is 3.22. The van der Waals surface area contributed by atoms with Crippen LogP contribution < -0.4 is 10.6 Å². The average molecular weight is 455 g/mol. The SMILES string of the molecule is CCCCNC(=O)NC(C)c1nnc(SCc2ccccc2)n1-c1ccc([N+](=O)[O-])cc1. The highest BCUT2D eigenvalue weighted by Gasteiger charge is 2.21. The molecule has 1 aromatic heterocycles. The van der Waals surface area contributed by atoms with Gasteiger partial charge >= 0.3 is 6.03 Å². The second-order valence-electron chi connectivity index (χ2n) is 7.20. The number of nitrogens with one attached hydrogen (secondary N) is 2. The third-order valence-corrected chi connectivity index (χ3v) is 5.74. The molecule has 0 fully saturated rings. The number of carbonyl (C=O) groups excluding carboxylic acids is 1. The number of hydrogen-bond acceptors (Lipinski definition) is 6. The van der Waals surface area contributed by atoms with Gasteiger partial charge in [-0.3, -0.25) is 14.7 Å². The van der Waals surface area contributed by atoms with Crippen LogP contribution in [0.2, 0.25) is 0 Å². The maximum atomic E-state index is 12.2. The van der Waals surface area contributed by atoms with Crippen molar-refractivity contribution in [1.29, 1.82) is 0 Å². The number of rotatable bonds is 10. The van der Waals surface area contributed by atoms with Crippen molar-refractivity contribution in [3.8, 4) is 5.69 Å². The van der Waals surface area contributed by atoms with Crippen molar-refractivity contribution in [3.05, 3.63) is 76.1 Å². The number of non-ortho nitro benzene ring substituents is 1. The zero-order chi connectivity index (χ0) is 22.9. The molecule has 32 heavy (non-hydrogen) atoms. The number of aromatic nitrogens is 3. The Bertz CT molecular complexity index is 1040. The molecule has 9 nitrogen and oxygen atoms in total. The second-order valence-corrected chi connectivity index (χ2v) is 8.14. The molecular formula is C22H26N6O3S. The summed E-state index contributed by atoms with van der Waals surface area (Å²) < 4.78 is 1.83. The number of unbranched alkanes of at least 4 members (excludes halogenated alkanes) is 1. The molecule has 1 unspecified atom stereocenters. The Kier molecular flexibility index (Phi) is 8.20. The minimum absolute atomic E-state index is 0.00309. The van der Waals surface area contributed by atoms with Gasteiger partial charge in [0.2, 0.25) is 0 Å². The number of nitro groups is 1. The standard InChI is InChI=1S/C22H26N6O3S/c1-3-4-14-23-21(29)24-16(2)20-25-26-22(32-15-17-8-6-5-7-9-17)27(20)18-10-12-19(13-11-18)28(30)31/h5-13,16H,3-4,14-15H2,1-2H3,(H2,23,24,29). The Balaban J connectivity index is 1.86. The molecule has 2 N–H and O–H groups in total. The molecule has 0 aliphatic rings. The molecule has 2 aromatic carbocycles. The number of nitrogens with zero attached hydrogens (tertiary/aromatic N) is 4. The first-order valence-electron chi connectivity index (χ1n) is 10.4. The van der Waals surface area contributed by atoms with E-state index in [4.69, 9.17) is 0 Å². The Hall–Kier alpha value is -3.40. The minimum Gasteiger partial charge on any atom is -0.338 e. The van der Waals surface area contributed by atoms with Gasteiger partial charge in [0.1, 0.15) is 0 Å². The molecule has 0 radical (unpaired) electrons. The van der Waals surface area contributed by atoms with Crippen molar-refractivity contribution in [2.75, 3.05) is 6.54 Å². The molecule has 10 heteroatoms. The molecule has 0 aliphatic carbocycles. The first-order valence-corrected chi connectivity index (χ1v) is 11.4. The highest BCUT2D eigenvalue weighted by atomic mass is 32.2. The molecule has 1 heterocycles. The molecule has 0 saturated heterocycles. The van der Waals surface area contributed by atoms with Crippen LogP contribution in [0, 0.1) is 10.1 Å². The Morgan fingerprint density at radius 1 is 1.16 bits per heavy atom. The van der Waals surface area contributed by atoms with Crippen LogP contribution in [-0.4, -0.2) is 32.3 Å². The van der Waals surface area contributed by atoms with Crippen molar-refractivity contribution < 1.29 is 9.72 Å². The predicted octanol–water partition coefficient (Wildman–Crippen LogP) is 4.63. The summed E-state index contributed by atoms with van der Waals surface area (Å²) >= 11 is 1.51. The maximum absolute atomic E-state index is 12.2. The molecule has 3 rings (SSSR count). The van der Waals surface area contributed by atoms with Crippen molar-refractivity contribution in [3.63, 3.8) is 0 Å². The summed E-state index contributed by atoms with van der Waals surface area (Å²) in [6.07, 6.45) is 1.90. The lowest BCUT2D eigenvalue weighted by Gasteiger charge is -2.16. The topological polar surface area (TPSA) is 115 Å². The van der Waals surface area contributed by atoms with Crippen molar-refractivity contribution in [2.45, 2.75) is 43.6 Å². The molecule has 1 atom stereocenters. The number of benzene rings is 2. The van der Waals surface area contributed by atoms with E-state index in [1.165, 1.54) is 23.9 Å². The van der Waals surface area contributed by atoms with E-state index in [0.29, 0.717) is 29.0 Å². The monoisotopic (exact) mass is 454 g/mol. The van der Waals surface area contributed by atoms with Gasteiger partial charge in [0.25, 0.3) is 5.69 Å². The van der Waals surface area contributed by atoms with Gasteiger partial charge in [0.15, 0.2) is 11.0 Å². The summed E-state index contributed by atoms with van der Waals surface area (Å²) in [7, 11) is 0. The molecule has 168 valence electrons. The third-order valence-electron chi connectivity index (χ3n) is 4.74. The lowest BCUT2D eigenvalue weighted by atomic mass is 10.2. The number of thioether (sulfide) groups is 1. The van der Waals surface area contributed by atoms with Gasteiger partial charge in [-0.1, -0.05) is 55.4 Å².